The lowest BCUT2D eigenvalue weighted by Gasteiger charge is -2.08. The largest absolute Gasteiger partial charge is 0.478 e. The number of carboxylic acid groups (broad SMARTS) is 1. The average molecular weight is 289 g/mol. The van der Waals surface area contributed by atoms with Crippen molar-refractivity contribution in [2.75, 3.05) is 11.9 Å². The summed E-state index contributed by atoms with van der Waals surface area (Å²) in [5.41, 5.74) is 0.914. The Bertz CT molecular complexity index is 653. The molecule has 1 heterocycles. The fourth-order valence-electron chi connectivity index (χ4n) is 1.81. The lowest BCUT2D eigenvalue weighted by atomic mass is 10.0. The summed E-state index contributed by atoms with van der Waals surface area (Å²) in [6.45, 7) is 0.313. The molecule has 1 aromatic carbocycles. The van der Waals surface area contributed by atoms with Gasteiger partial charge in [0.2, 0.25) is 5.95 Å². The van der Waals surface area contributed by atoms with Gasteiger partial charge in [-0.05, 0) is 18.1 Å². The van der Waals surface area contributed by atoms with Crippen molar-refractivity contribution < 1.29 is 14.7 Å². The Morgan fingerprint density at radius 3 is 2.76 bits per heavy atom. The number of anilines is 1. The molecule has 0 unspecified atom stereocenters. The van der Waals surface area contributed by atoms with Gasteiger partial charge in [0.15, 0.2) is 0 Å². The molecule has 3 N–H and O–H groups in total. The van der Waals surface area contributed by atoms with Crippen LogP contribution in [0.15, 0.2) is 30.6 Å². The molecule has 2 amide bonds. The van der Waals surface area contributed by atoms with Crippen LogP contribution in [0.2, 0.25) is 0 Å². The molecule has 8 nitrogen and oxygen atoms in total. The number of carbonyl (C=O) groups is 2. The van der Waals surface area contributed by atoms with E-state index in [9.17, 15) is 9.59 Å². The Kier molecular flexibility index (Phi) is 4.50. The number of aromatic nitrogens is 3. The number of benzene rings is 1. The van der Waals surface area contributed by atoms with E-state index in [0.29, 0.717) is 24.5 Å². The van der Waals surface area contributed by atoms with E-state index >= 15 is 0 Å². The van der Waals surface area contributed by atoms with Crippen molar-refractivity contribution in [3.63, 3.8) is 0 Å². The molecule has 8 heteroatoms. The topological polar surface area (TPSA) is 109 Å². The summed E-state index contributed by atoms with van der Waals surface area (Å²) in [6, 6.07) is 6.28. The van der Waals surface area contributed by atoms with Crippen LogP contribution in [0, 0.1) is 0 Å². The zero-order valence-corrected chi connectivity index (χ0v) is 11.4. The smallest absolute Gasteiger partial charge is 0.335 e. The highest BCUT2D eigenvalue weighted by Crippen LogP contribution is 2.09. The van der Waals surface area contributed by atoms with E-state index in [1.807, 2.05) is 0 Å². The zero-order chi connectivity index (χ0) is 15.2. The number of aryl methyl sites for hydroxylation is 1. The first kappa shape index (κ1) is 14.5. The normalized spacial score (nSPS) is 10.1. The van der Waals surface area contributed by atoms with Gasteiger partial charge in [0, 0.05) is 13.6 Å². The molecule has 0 atom stereocenters. The van der Waals surface area contributed by atoms with Crippen LogP contribution in [0.4, 0.5) is 10.7 Å². The summed E-state index contributed by atoms with van der Waals surface area (Å²) >= 11 is 0. The Hall–Kier alpha value is -2.90. The SMILES string of the molecule is Cn1ncnc1NC(=O)NCCc1ccccc1C(=O)O. The second-order valence-electron chi connectivity index (χ2n) is 4.30. The van der Waals surface area contributed by atoms with Crippen LogP contribution in [-0.2, 0) is 13.5 Å². The third-order valence-corrected chi connectivity index (χ3v) is 2.86. The third-order valence-electron chi connectivity index (χ3n) is 2.86. The number of nitrogens with one attached hydrogen (secondary N) is 2. The highest BCUT2D eigenvalue weighted by Gasteiger charge is 2.10. The maximum Gasteiger partial charge on any atom is 0.335 e. The van der Waals surface area contributed by atoms with Gasteiger partial charge >= 0.3 is 12.0 Å². The molecular weight excluding hydrogens is 274 g/mol. The molecule has 0 aliphatic carbocycles. The molecule has 0 fully saturated rings. The zero-order valence-electron chi connectivity index (χ0n) is 11.4. The maximum absolute atomic E-state index is 11.7. The lowest BCUT2D eigenvalue weighted by molar-refractivity contribution is 0.0695. The van der Waals surface area contributed by atoms with Gasteiger partial charge in [0.1, 0.15) is 6.33 Å². The van der Waals surface area contributed by atoms with Crippen molar-refractivity contribution in [3.8, 4) is 0 Å². The van der Waals surface area contributed by atoms with Crippen LogP contribution in [0.5, 0.6) is 0 Å². The van der Waals surface area contributed by atoms with Gasteiger partial charge in [-0.15, -0.1) is 0 Å². The van der Waals surface area contributed by atoms with Gasteiger partial charge in [-0.25, -0.2) is 14.3 Å². The quantitative estimate of drug-likeness (QED) is 0.757. The van der Waals surface area contributed by atoms with Crippen molar-refractivity contribution >= 4 is 17.9 Å². The standard InChI is InChI=1S/C13H15N5O3/c1-18-12(15-8-16-18)17-13(21)14-7-6-9-4-2-3-5-10(9)11(19)20/h2-5,8H,6-7H2,1H3,(H,19,20)(H2,14,15,16,17,21). The molecule has 0 saturated heterocycles. The molecule has 0 bridgehead atoms. The van der Waals surface area contributed by atoms with Crippen LogP contribution >= 0.6 is 0 Å². The van der Waals surface area contributed by atoms with Crippen molar-refractivity contribution in [1.29, 1.82) is 0 Å². The molecule has 110 valence electrons. The minimum absolute atomic E-state index is 0.244. The fraction of sp³-hybridized carbons (Fsp3) is 0.231. The first-order chi connectivity index (χ1) is 10.1. The van der Waals surface area contributed by atoms with Crippen LogP contribution in [0.3, 0.4) is 0 Å². The molecule has 21 heavy (non-hydrogen) atoms. The summed E-state index contributed by atoms with van der Waals surface area (Å²) in [7, 11) is 1.66. The first-order valence-electron chi connectivity index (χ1n) is 6.28. The number of hydrogen-bond acceptors (Lipinski definition) is 4. The number of carboxylic acids is 1. The molecule has 2 rings (SSSR count). The summed E-state index contributed by atoms with van der Waals surface area (Å²) in [4.78, 5) is 26.6. The second kappa shape index (κ2) is 6.51. The summed E-state index contributed by atoms with van der Waals surface area (Å²) in [6.07, 6.45) is 1.76. The van der Waals surface area contributed by atoms with E-state index in [2.05, 4.69) is 20.7 Å². The van der Waals surface area contributed by atoms with Gasteiger partial charge in [-0.3, -0.25) is 5.32 Å². The van der Waals surface area contributed by atoms with E-state index in [0.717, 1.165) is 0 Å². The van der Waals surface area contributed by atoms with Crippen molar-refractivity contribution in [3.05, 3.63) is 41.7 Å². The Balaban J connectivity index is 1.86. The summed E-state index contributed by atoms with van der Waals surface area (Å²) < 4.78 is 1.43. The molecule has 0 spiro atoms. The number of aromatic carboxylic acids is 1. The molecule has 2 aromatic rings. The van der Waals surface area contributed by atoms with E-state index in [1.54, 1.807) is 25.2 Å². The third kappa shape index (κ3) is 3.78. The highest BCUT2D eigenvalue weighted by molar-refractivity contribution is 5.89. The minimum atomic E-state index is -0.978. The van der Waals surface area contributed by atoms with Crippen molar-refractivity contribution in [2.45, 2.75) is 6.42 Å². The average Bonchev–Trinajstić information content (AvgIpc) is 2.84. The molecule has 0 radical (unpaired) electrons. The number of carbonyl (C=O) groups excluding carboxylic acids is 1. The second-order valence-corrected chi connectivity index (χ2v) is 4.30. The first-order valence-corrected chi connectivity index (χ1v) is 6.28. The number of hydrogen-bond donors (Lipinski definition) is 3. The van der Waals surface area contributed by atoms with Crippen molar-refractivity contribution in [2.24, 2.45) is 7.05 Å². The van der Waals surface area contributed by atoms with Gasteiger partial charge in [0.25, 0.3) is 0 Å². The summed E-state index contributed by atoms with van der Waals surface area (Å²) in [5, 5.41) is 18.1. The van der Waals surface area contributed by atoms with Crippen LogP contribution in [0.1, 0.15) is 15.9 Å². The number of urea groups is 1. The number of nitrogens with zero attached hydrogens (tertiary/aromatic N) is 3. The van der Waals surface area contributed by atoms with E-state index < -0.39 is 12.0 Å². The van der Waals surface area contributed by atoms with Gasteiger partial charge < -0.3 is 10.4 Å². The van der Waals surface area contributed by atoms with E-state index in [-0.39, 0.29) is 5.56 Å². The molecule has 0 saturated carbocycles. The molecule has 1 aromatic heterocycles. The van der Waals surface area contributed by atoms with Gasteiger partial charge in [-0.2, -0.15) is 10.1 Å². The van der Waals surface area contributed by atoms with E-state index in [1.165, 1.54) is 17.1 Å². The summed E-state index contributed by atoms with van der Waals surface area (Å²) in [5.74, 6) is -0.646. The molecule has 0 aliphatic heterocycles. The Labute approximate surface area is 120 Å². The lowest BCUT2D eigenvalue weighted by Crippen LogP contribution is -2.31. The van der Waals surface area contributed by atoms with Gasteiger partial charge in [0.05, 0.1) is 5.56 Å². The number of rotatable bonds is 5. The predicted molar refractivity (Wildman–Crippen MR) is 75.1 cm³/mol. The van der Waals surface area contributed by atoms with Crippen LogP contribution < -0.4 is 10.6 Å². The van der Waals surface area contributed by atoms with E-state index in [4.69, 9.17) is 5.11 Å². The molecule has 0 aliphatic rings. The Morgan fingerprint density at radius 2 is 2.10 bits per heavy atom. The highest BCUT2D eigenvalue weighted by atomic mass is 16.4. The van der Waals surface area contributed by atoms with Crippen LogP contribution in [-0.4, -0.2) is 38.4 Å². The predicted octanol–water partition coefficient (Wildman–Crippen LogP) is 0.877. The minimum Gasteiger partial charge on any atom is -0.478 e. The van der Waals surface area contributed by atoms with Crippen LogP contribution in [0.25, 0.3) is 0 Å². The molecular formula is C13H15N5O3. The van der Waals surface area contributed by atoms with Gasteiger partial charge in [-0.1, -0.05) is 18.2 Å². The maximum atomic E-state index is 11.7. The monoisotopic (exact) mass is 289 g/mol. The van der Waals surface area contributed by atoms with Crippen molar-refractivity contribution in [1.82, 2.24) is 20.1 Å². The fourth-order valence-corrected chi connectivity index (χ4v) is 1.81. The number of amides is 2. The Morgan fingerprint density at radius 1 is 1.33 bits per heavy atom.